The molecule has 0 radical (unpaired) electrons. The lowest BCUT2D eigenvalue weighted by molar-refractivity contribution is -0.121. The predicted molar refractivity (Wildman–Crippen MR) is 119 cm³/mol. The van der Waals surface area contributed by atoms with Gasteiger partial charge in [0.15, 0.2) is 5.78 Å². The van der Waals surface area contributed by atoms with Gasteiger partial charge < -0.3 is 15.8 Å². The molecule has 1 unspecified atom stereocenters. The van der Waals surface area contributed by atoms with E-state index in [1.807, 2.05) is 12.1 Å². The summed E-state index contributed by atoms with van der Waals surface area (Å²) in [4.78, 5) is 24.2. The number of carbonyl (C=O) groups excluding carboxylic acids is 2. The van der Waals surface area contributed by atoms with Crippen molar-refractivity contribution < 1.29 is 14.3 Å². The summed E-state index contributed by atoms with van der Waals surface area (Å²) < 4.78 is 5.08. The van der Waals surface area contributed by atoms with Gasteiger partial charge in [0.1, 0.15) is 5.75 Å². The molecule has 0 aliphatic heterocycles. The van der Waals surface area contributed by atoms with Crippen LogP contribution >= 0.6 is 12.4 Å². The van der Waals surface area contributed by atoms with Gasteiger partial charge in [-0.05, 0) is 47.7 Å². The number of nitrogens with one attached hydrogen (secondary N) is 1. The number of carbonyl (C=O) groups is 2. The lowest BCUT2D eigenvalue weighted by Crippen LogP contribution is -2.31. The SMILES string of the molecule is COc1ccc(C(=O)CCCC(=O)NCC(N)c2ccc(C(C)C)cc2)cc1.Cl. The van der Waals surface area contributed by atoms with Gasteiger partial charge in [0, 0.05) is 31.0 Å². The van der Waals surface area contributed by atoms with Crippen LogP contribution in [0.5, 0.6) is 5.75 Å². The molecule has 2 rings (SSSR count). The predicted octanol–water partition coefficient (Wildman–Crippen LogP) is 4.41. The Bertz CT molecular complexity index is 774. The van der Waals surface area contributed by atoms with E-state index >= 15 is 0 Å². The lowest BCUT2D eigenvalue weighted by Gasteiger charge is -2.14. The van der Waals surface area contributed by atoms with Crippen LogP contribution in [0.1, 0.15) is 66.6 Å². The molecule has 2 aromatic carbocycles. The van der Waals surface area contributed by atoms with Gasteiger partial charge in [-0.1, -0.05) is 38.1 Å². The van der Waals surface area contributed by atoms with E-state index < -0.39 is 0 Å². The van der Waals surface area contributed by atoms with Gasteiger partial charge >= 0.3 is 0 Å². The van der Waals surface area contributed by atoms with E-state index in [1.165, 1.54) is 5.56 Å². The third kappa shape index (κ3) is 7.87. The summed E-state index contributed by atoms with van der Waals surface area (Å²) in [6.45, 7) is 4.68. The molecule has 158 valence electrons. The van der Waals surface area contributed by atoms with Crippen LogP contribution in [0.3, 0.4) is 0 Å². The third-order valence-corrected chi connectivity index (χ3v) is 4.77. The van der Waals surface area contributed by atoms with Crippen LogP contribution in [0.2, 0.25) is 0 Å². The number of rotatable bonds is 10. The van der Waals surface area contributed by atoms with Crippen molar-refractivity contribution in [1.29, 1.82) is 0 Å². The molecule has 29 heavy (non-hydrogen) atoms. The van der Waals surface area contributed by atoms with E-state index in [2.05, 4.69) is 31.3 Å². The van der Waals surface area contributed by atoms with Gasteiger partial charge in [-0.25, -0.2) is 0 Å². The number of halogens is 1. The minimum Gasteiger partial charge on any atom is -0.497 e. The van der Waals surface area contributed by atoms with Gasteiger partial charge in [0.05, 0.1) is 7.11 Å². The highest BCUT2D eigenvalue weighted by molar-refractivity contribution is 5.96. The number of amides is 1. The first-order valence-electron chi connectivity index (χ1n) is 9.70. The largest absolute Gasteiger partial charge is 0.497 e. The number of ether oxygens (including phenoxy) is 1. The standard InChI is InChI=1S/C23H30N2O3.ClH/c1-16(2)17-7-9-18(10-8-17)21(24)15-25-23(27)6-4-5-22(26)19-11-13-20(28-3)14-12-19;/h7-14,16,21H,4-6,15,24H2,1-3H3,(H,25,27);1H. The Morgan fingerprint density at radius 3 is 2.10 bits per heavy atom. The highest BCUT2D eigenvalue weighted by Crippen LogP contribution is 2.17. The van der Waals surface area contributed by atoms with Crippen molar-refractivity contribution in [3.05, 3.63) is 65.2 Å². The first-order valence-corrected chi connectivity index (χ1v) is 9.70. The average molecular weight is 419 g/mol. The molecule has 0 saturated heterocycles. The zero-order valence-corrected chi connectivity index (χ0v) is 18.1. The number of ketones is 1. The molecule has 3 N–H and O–H groups in total. The Hall–Kier alpha value is -2.37. The minimum absolute atomic E-state index is 0. The molecule has 5 nitrogen and oxygen atoms in total. The van der Waals surface area contributed by atoms with Crippen molar-refractivity contribution in [3.63, 3.8) is 0 Å². The monoisotopic (exact) mass is 418 g/mol. The van der Waals surface area contributed by atoms with Crippen molar-refractivity contribution in [2.24, 2.45) is 5.73 Å². The Morgan fingerprint density at radius 1 is 0.966 bits per heavy atom. The second kappa shape index (κ2) is 12.2. The maximum Gasteiger partial charge on any atom is 0.220 e. The second-order valence-corrected chi connectivity index (χ2v) is 7.24. The first-order chi connectivity index (χ1) is 13.4. The number of hydrogen-bond donors (Lipinski definition) is 2. The maximum atomic E-state index is 12.2. The third-order valence-electron chi connectivity index (χ3n) is 4.77. The molecule has 0 fully saturated rings. The molecule has 6 heteroatoms. The van der Waals surface area contributed by atoms with Crippen molar-refractivity contribution in [3.8, 4) is 5.75 Å². The van der Waals surface area contributed by atoms with Crippen LogP contribution in [0, 0.1) is 0 Å². The number of hydrogen-bond acceptors (Lipinski definition) is 4. The first kappa shape index (κ1) is 24.7. The number of methoxy groups -OCH3 is 1. The number of Topliss-reactive ketones (excluding diaryl/α,β-unsaturated/α-hetero) is 1. The van der Waals surface area contributed by atoms with Crippen LogP contribution in [0.25, 0.3) is 0 Å². The van der Waals surface area contributed by atoms with Gasteiger partial charge in [-0.3, -0.25) is 9.59 Å². The molecule has 0 aliphatic rings. The van der Waals surface area contributed by atoms with Crippen molar-refractivity contribution >= 4 is 24.1 Å². The van der Waals surface area contributed by atoms with Gasteiger partial charge in [0.25, 0.3) is 0 Å². The summed E-state index contributed by atoms with van der Waals surface area (Å²) in [5, 5.41) is 2.86. The fraction of sp³-hybridized carbons (Fsp3) is 0.391. The van der Waals surface area contributed by atoms with Crippen molar-refractivity contribution in [1.82, 2.24) is 5.32 Å². The molecule has 0 aromatic heterocycles. The highest BCUT2D eigenvalue weighted by atomic mass is 35.5. The van der Waals surface area contributed by atoms with Crippen molar-refractivity contribution in [2.75, 3.05) is 13.7 Å². The molecular weight excluding hydrogens is 388 g/mol. The molecule has 0 heterocycles. The van der Waals surface area contributed by atoms with Crippen LogP contribution in [-0.2, 0) is 4.79 Å². The summed E-state index contributed by atoms with van der Waals surface area (Å²) in [5.41, 5.74) is 9.06. The number of nitrogens with two attached hydrogens (primary N) is 1. The minimum atomic E-state index is -0.244. The smallest absolute Gasteiger partial charge is 0.220 e. The van der Waals surface area contributed by atoms with Crippen LogP contribution in [0.15, 0.2) is 48.5 Å². The van der Waals surface area contributed by atoms with Crippen LogP contribution in [0.4, 0.5) is 0 Å². The second-order valence-electron chi connectivity index (χ2n) is 7.24. The van der Waals surface area contributed by atoms with Gasteiger partial charge in [-0.15, -0.1) is 12.4 Å². The van der Waals surface area contributed by atoms with E-state index in [0.29, 0.717) is 43.0 Å². The van der Waals surface area contributed by atoms with Gasteiger partial charge in [0.2, 0.25) is 5.91 Å². The van der Waals surface area contributed by atoms with E-state index in [4.69, 9.17) is 10.5 Å². The summed E-state index contributed by atoms with van der Waals surface area (Å²) in [6.07, 6.45) is 1.15. The molecule has 0 spiro atoms. The van der Waals surface area contributed by atoms with Crippen LogP contribution in [-0.4, -0.2) is 25.3 Å². The lowest BCUT2D eigenvalue weighted by atomic mass is 9.99. The molecular formula is C23H31ClN2O3. The van der Waals surface area contributed by atoms with Crippen LogP contribution < -0.4 is 15.8 Å². The molecule has 0 bridgehead atoms. The van der Waals surface area contributed by atoms with Gasteiger partial charge in [-0.2, -0.15) is 0 Å². The topological polar surface area (TPSA) is 81.4 Å². The van der Waals surface area contributed by atoms with E-state index in [0.717, 1.165) is 5.56 Å². The molecule has 2 aromatic rings. The zero-order valence-electron chi connectivity index (χ0n) is 17.3. The Kier molecular flexibility index (Phi) is 10.4. The van der Waals surface area contributed by atoms with E-state index in [9.17, 15) is 9.59 Å². The van der Waals surface area contributed by atoms with Crippen molar-refractivity contribution in [2.45, 2.75) is 45.1 Å². The summed E-state index contributed by atoms with van der Waals surface area (Å²) >= 11 is 0. The van der Waals surface area contributed by atoms with E-state index in [-0.39, 0.29) is 30.1 Å². The molecule has 0 aliphatic carbocycles. The zero-order chi connectivity index (χ0) is 20.5. The highest BCUT2D eigenvalue weighted by Gasteiger charge is 2.11. The number of benzene rings is 2. The Labute approximate surface area is 179 Å². The molecule has 1 atom stereocenters. The summed E-state index contributed by atoms with van der Waals surface area (Å²) in [7, 11) is 1.59. The summed E-state index contributed by atoms with van der Waals surface area (Å²) in [6, 6.07) is 14.9. The fourth-order valence-corrected chi connectivity index (χ4v) is 2.89. The normalized spacial score (nSPS) is 11.5. The Morgan fingerprint density at radius 2 is 1.55 bits per heavy atom. The summed E-state index contributed by atoms with van der Waals surface area (Å²) in [5.74, 6) is 1.13. The quantitative estimate of drug-likeness (QED) is 0.560. The average Bonchev–Trinajstić information content (AvgIpc) is 2.72. The Balaban J connectivity index is 0.00000420. The fourth-order valence-electron chi connectivity index (χ4n) is 2.89. The molecule has 1 amide bonds. The van der Waals surface area contributed by atoms with E-state index in [1.54, 1.807) is 31.4 Å². The molecule has 0 saturated carbocycles. The maximum absolute atomic E-state index is 12.2.